The maximum absolute atomic E-state index is 12.7. The molecule has 0 bridgehead atoms. The van der Waals surface area contributed by atoms with Gasteiger partial charge < -0.3 is 14.2 Å². The minimum atomic E-state index is -3.90. The Labute approximate surface area is 146 Å². The Balaban J connectivity index is 2.50. The summed E-state index contributed by atoms with van der Waals surface area (Å²) in [5.41, 5.74) is 1.10. The van der Waals surface area contributed by atoms with Crippen molar-refractivity contribution in [3.63, 3.8) is 0 Å². The van der Waals surface area contributed by atoms with Gasteiger partial charge in [-0.3, -0.25) is 4.72 Å². The van der Waals surface area contributed by atoms with E-state index in [-0.39, 0.29) is 22.1 Å². The Morgan fingerprint density at radius 3 is 2.12 bits per heavy atom. The molecule has 0 unspecified atom stereocenters. The number of rotatable bonds is 6. The maximum Gasteiger partial charge on any atom is 0.265 e. The first-order valence-electron chi connectivity index (χ1n) is 6.91. The van der Waals surface area contributed by atoms with Crippen molar-refractivity contribution in [2.75, 3.05) is 26.1 Å². The molecule has 0 fully saturated rings. The third-order valence-corrected chi connectivity index (χ3v) is 5.03. The summed E-state index contributed by atoms with van der Waals surface area (Å²) in [5, 5.41) is 0.310. The zero-order valence-corrected chi connectivity index (χ0v) is 15.3. The van der Waals surface area contributed by atoms with Gasteiger partial charge >= 0.3 is 0 Å². The van der Waals surface area contributed by atoms with Crippen LogP contribution in [-0.4, -0.2) is 29.7 Å². The summed E-state index contributed by atoms with van der Waals surface area (Å²) in [7, 11) is 0.378. The van der Waals surface area contributed by atoms with Crippen LogP contribution in [0.25, 0.3) is 0 Å². The van der Waals surface area contributed by atoms with Crippen molar-refractivity contribution in [1.29, 1.82) is 0 Å². The molecule has 130 valence electrons. The van der Waals surface area contributed by atoms with Crippen LogP contribution in [0.5, 0.6) is 17.2 Å². The third kappa shape index (κ3) is 3.68. The number of sulfonamides is 1. The van der Waals surface area contributed by atoms with E-state index in [1.807, 2.05) is 6.92 Å². The zero-order valence-electron chi connectivity index (χ0n) is 13.7. The highest BCUT2D eigenvalue weighted by atomic mass is 35.5. The number of anilines is 1. The highest BCUT2D eigenvalue weighted by molar-refractivity contribution is 7.92. The average molecular weight is 372 g/mol. The lowest BCUT2D eigenvalue weighted by molar-refractivity contribution is 0.402. The first kappa shape index (κ1) is 18.2. The molecule has 2 aromatic carbocycles. The lowest BCUT2D eigenvalue weighted by Crippen LogP contribution is -2.15. The number of ether oxygens (including phenoxy) is 3. The van der Waals surface area contributed by atoms with E-state index in [4.69, 9.17) is 25.8 Å². The van der Waals surface area contributed by atoms with Gasteiger partial charge in [-0.2, -0.15) is 0 Å². The van der Waals surface area contributed by atoms with Crippen LogP contribution in [0.4, 0.5) is 5.69 Å². The molecular weight excluding hydrogens is 354 g/mol. The second kappa shape index (κ2) is 7.19. The number of hydrogen-bond acceptors (Lipinski definition) is 5. The van der Waals surface area contributed by atoms with Crippen molar-refractivity contribution in [2.45, 2.75) is 11.8 Å². The van der Waals surface area contributed by atoms with E-state index in [0.29, 0.717) is 10.8 Å². The summed E-state index contributed by atoms with van der Waals surface area (Å²) in [5.74, 6) is 0.851. The number of methoxy groups -OCH3 is 3. The van der Waals surface area contributed by atoms with Crippen molar-refractivity contribution >= 4 is 27.3 Å². The number of hydrogen-bond donors (Lipinski definition) is 1. The lowest BCUT2D eigenvalue weighted by Gasteiger charge is -2.15. The van der Waals surface area contributed by atoms with Gasteiger partial charge in [0.1, 0.15) is 22.1 Å². The van der Waals surface area contributed by atoms with Crippen molar-refractivity contribution in [3.8, 4) is 17.2 Å². The Kier molecular flexibility index (Phi) is 5.46. The SMILES string of the molecule is COc1cc(NS(=O)(=O)c2ccc(C)cc2OC)c(OC)cc1Cl. The zero-order chi connectivity index (χ0) is 17.9. The monoisotopic (exact) mass is 371 g/mol. The molecule has 0 aliphatic rings. The molecule has 0 saturated carbocycles. The molecule has 6 nitrogen and oxygen atoms in total. The van der Waals surface area contributed by atoms with E-state index in [1.165, 1.54) is 39.5 Å². The van der Waals surface area contributed by atoms with Gasteiger partial charge in [-0.05, 0) is 24.6 Å². The van der Waals surface area contributed by atoms with Gasteiger partial charge in [-0.25, -0.2) is 8.42 Å². The van der Waals surface area contributed by atoms with Crippen molar-refractivity contribution in [2.24, 2.45) is 0 Å². The van der Waals surface area contributed by atoms with Gasteiger partial charge in [0.15, 0.2) is 0 Å². The number of benzene rings is 2. The van der Waals surface area contributed by atoms with Crippen LogP contribution in [0.3, 0.4) is 0 Å². The van der Waals surface area contributed by atoms with E-state index < -0.39 is 10.0 Å². The second-order valence-electron chi connectivity index (χ2n) is 4.95. The molecule has 0 aromatic heterocycles. The molecule has 0 radical (unpaired) electrons. The van der Waals surface area contributed by atoms with Gasteiger partial charge in [0.25, 0.3) is 10.0 Å². The summed E-state index contributed by atoms with van der Waals surface area (Å²) in [6, 6.07) is 7.76. The topological polar surface area (TPSA) is 73.9 Å². The molecule has 8 heteroatoms. The Morgan fingerprint density at radius 1 is 0.917 bits per heavy atom. The predicted octanol–water partition coefficient (Wildman–Crippen LogP) is 3.48. The van der Waals surface area contributed by atoms with Crippen LogP contribution in [0.1, 0.15) is 5.56 Å². The second-order valence-corrected chi connectivity index (χ2v) is 7.00. The molecule has 0 saturated heterocycles. The molecule has 0 amide bonds. The molecule has 0 spiro atoms. The Morgan fingerprint density at radius 2 is 1.54 bits per heavy atom. The van der Waals surface area contributed by atoms with Gasteiger partial charge in [0, 0.05) is 12.1 Å². The fourth-order valence-corrected chi connectivity index (χ4v) is 3.58. The quantitative estimate of drug-likeness (QED) is 0.841. The van der Waals surface area contributed by atoms with E-state index in [0.717, 1.165) is 5.56 Å². The summed E-state index contributed by atoms with van der Waals surface area (Å²) < 4.78 is 43.4. The molecule has 2 rings (SSSR count). The summed E-state index contributed by atoms with van der Waals surface area (Å²) >= 11 is 6.03. The Hall–Kier alpha value is -2.12. The highest BCUT2D eigenvalue weighted by Gasteiger charge is 2.22. The number of halogens is 1. The standard InChI is InChI=1S/C16H18ClNO5S/c1-10-5-6-16(15(7-10)23-4)24(19,20)18-12-9-13(21-2)11(17)8-14(12)22-3/h5-9,18H,1-4H3. The smallest absolute Gasteiger partial charge is 0.265 e. The average Bonchev–Trinajstić information content (AvgIpc) is 2.55. The fourth-order valence-electron chi connectivity index (χ4n) is 2.14. The number of nitrogens with one attached hydrogen (secondary N) is 1. The van der Waals surface area contributed by atoms with Crippen molar-refractivity contribution in [3.05, 3.63) is 40.9 Å². The van der Waals surface area contributed by atoms with Gasteiger partial charge in [-0.1, -0.05) is 17.7 Å². The minimum absolute atomic E-state index is 0.0200. The Bertz CT molecular complexity index is 852. The van der Waals surface area contributed by atoms with Crippen LogP contribution in [0.2, 0.25) is 5.02 Å². The molecule has 0 heterocycles. The van der Waals surface area contributed by atoms with Crippen LogP contribution < -0.4 is 18.9 Å². The van der Waals surface area contributed by atoms with Crippen molar-refractivity contribution < 1.29 is 22.6 Å². The van der Waals surface area contributed by atoms with E-state index in [9.17, 15) is 8.42 Å². The largest absolute Gasteiger partial charge is 0.495 e. The molecule has 0 atom stereocenters. The molecule has 2 aromatic rings. The van der Waals surface area contributed by atoms with E-state index in [2.05, 4.69) is 4.72 Å². The van der Waals surface area contributed by atoms with Crippen LogP contribution >= 0.6 is 11.6 Å². The van der Waals surface area contributed by atoms with Gasteiger partial charge in [0.2, 0.25) is 0 Å². The molecule has 0 aliphatic carbocycles. The van der Waals surface area contributed by atoms with Crippen LogP contribution in [0.15, 0.2) is 35.2 Å². The number of aryl methyl sites for hydroxylation is 1. The van der Waals surface area contributed by atoms with E-state index in [1.54, 1.807) is 12.1 Å². The summed E-state index contributed by atoms with van der Waals surface area (Å²) in [6.45, 7) is 1.85. The molecular formula is C16H18ClNO5S. The van der Waals surface area contributed by atoms with Crippen molar-refractivity contribution in [1.82, 2.24) is 0 Å². The van der Waals surface area contributed by atoms with Crippen LogP contribution in [0, 0.1) is 6.92 Å². The van der Waals surface area contributed by atoms with Gasteiger partial charge in [0.05, 0.1) is 32.0 Å². The summed E-state index contributed by atoms with van der Waals surface area (Å²) in [6.07, 6.45) is 0. The predicted molar refractivity (Wildman–Crippen MR) is 93.1 cm³/mol. The first-order chi connectivity index (χ1) is 11.3. The first-order valence-corrected chi connectivity index (χ1v) is 8.77. The molecule has 1 N–H and O–H groups in total. The van der Waals surface area contributed by atoms with E-state index >= 15 is 0 Å². The maximum atomic E-state index is 12.7. The molecule has 0 aliphatic heterocycles. The van der Waals surface area contributed by atoms with Crippen LogP contribution in [-0.2, 0) is 10.0 Å². The minimum Gasteiger partial charge on any atom is -0.495 e. The fraction of sp³-hybridized carbons (Fsp3) is 0.250. The lowest BCUT2D eigenvalue weighted by atomic mass is 10.2. The normalized spacial score (nSPS) is 11.0. The third-order valence-electron chi connectivity index (χ3n) is 3.33. The highest BCUT2D eigenvalue weighted by Crippen LogP contribution is 2.37. The van der Waals surface area contributed by atoms with Gasteiger partial charge in [-0.15, -0.1) is 0 Å². The molecule has 24 heavy (non-hydrogen) atoms. The summed E-state index contributed by atoms with van der Waals surface area (Å²) in [4.78, 5) is 0.0200.